The lowest BCUT2D eigenvalue weighted by Gasteiger charge is -2.09. The number of fused-ring (bicyclic) bond motifs is 1. The lowest BCUT2D eigenvalue weighted by molar-refractivity contribution is -0.115. The number of aliphatic hydroxyl groups excluding tert-OH is 2. The molecule has 9 heteroatoms. The van der Waals surface area contributed by atoms with Crippen LogP contribution in [0.3, 0.4) is 0 Å². The predicted octanol–water partition coefficient (Wildman–Crippen LogP) is 2.64. The van der Waals surface area contributed by atoms with Crippen LogP contribution in [-0.4, -0.2) is 34.8 Å². The van der Waals surface area contributed by atoms with Crippen molar-refractivity contribution in [1.82, 2.24) is 4.98 Å². The second kappa shape index (κ2) is 8.58. The highest BCUT2D eigenvalue weighted by molar-refractivity contribution is 7.92. The third kappa shape index (κ3) is 4.64. The molecule has 0 radical (unpaired) electrons. The Morgan fingerprint density at radius 1 is 1.14 bits per heavy atom. The molecule has 1 amide bonds. The van der Waals surface area contributed by atoms with E-state index in [1.54, 1.807) is 38.1 Å². The third-order valence-corrected chi connectivity index (χ3v) is 7.59. The zero-order valence-corrected chi connectivity index (χ0v) is 17.7. The summed E-state index contributed by atoms with van der Waals surface area (Å²) >= 11 is 1.26. The number of aromatic nitrogens is 1. The normalized spacial score (nSPS) is 11.9. The van der Waals surface area contributed by atoms with Crippen molar-refractivity contribution in [2.75, 3.05) is 5.32 Å². The van der Waals surface area contributed by atoms with Crippen LogP contribution in [0.5, 0.6) is 0 Å². The van der Waals surface area contributed by atoms with E-state index in [1.807, 2.05) is 0 Å². The minimum atomic E-state index is -3.41. The summed E-state index contributed by atoms with van der Waals surface area (Å²) in [6.07, 6.45) is 0.0150. The molecule has 1 heterocycles. The first-order valence-electron chi connectivity index (χ1n) is 9.01. The number of rotatable bonds is 7. The molecule has 0 aliphatic heterocycles. The standard InChI is InChI=1S/C20H22N2O5S2/c1-12(2)29(26,27)16-5-3-4-13(6-16)7-19(25)22-20-21-17-8-14(10-23)15(11-24)9-18(17)28-20/h3-6,8-9,12,23-24H,7,10-11H2,1-2H3,(H,21,22,25). The average molecular weight is 435 g/mol. The van der Waals surface area contributed by atoms with E-state index >= 15 is 0 Å². The number of carbonyl (C=O) groups is 1. The number of sulfone groups is 1. The van der Waals surface area contributed by atoms with Crippen molar-refractivity contribution < 1.29 is 23.4 Å². The van der Waals surface area contributed by atoms with Gasteiger partial charge in [-0.2, -0.15) is 0 Å². The van der Waals surface area contributed by atoms with E-state index in [-0.39, 0.29) is 30.4 Å². The molecule has 3 N–H and O–H groups in total. The molecule has 0 unspecified atom stereocenters. The average Bonchev–Trinajstić information content (AvgIpc) is 3.07. The van der Waals surface area contributed by atoms with Gasteiger partial charge in [-0.15, -0.1) is 0 Å². The molecular formula is C20H22N2O5S2. The number of nitrogens with zero attached hydrogens (tertiary/aromatic N) is 1. The van der Waals surface area contributed by atoms with Crippen LogP contribution in [0, 0.1) is 0 Å². The fraction of sp³-hybridized carbons (Fsp3) is 0.300. The van der Waals surface area contributed by atoms with Crippen LogP contribution in [0.15, 0.2) is 41.3 Å². The highest BCUT2D eigenvalue weighted by Crippen LogP contribution is 2.29. The van der Waals surface area contributed by atoms with Crippen LogP contribution in [-0.2, 0) is 34.3 Å². The number of hydrogen-bond acceptors (Lipinski definition) is 7. The number of amides is 1. The molecule has 0 saturated heterocycles. The van der Waals surface area contributed by atoms with Crippen LogP contribution >= 0.6 is 11.3 Å². The Hall–Kier alpha value is -2.33. The lowest BCUT2D eigenvalue weighted by atomic mass is 10.1. The van der Waals surface area contributed by atoms with Crippen molar-refractivity contribution in [2.24, 2.45) is 0 Å². The van der Waals surface area contributed by atoms with Crippen LogP contribution < -0.4 is 5.32 Å². The second-order valence-corrected chi connectivity index (χ2v) is 10.4. The first kappa shape index (κ1) is 21.4. The monoisotopic (exact) mass is 434 g/mol. The van der Waals surface area contributed by atoms with Crippen molar-refractivity contribution >= 4 is 42.4 Å². The van der Waals surface area contributed by atoms with E-state index in [1.165, 1.54) is 23.5 Å². The van der Waals surface area contributed by atoms with E-state index < -0.39 is 15.1 Å². The molecule has 7 nitrogen and oxygen atoms in total. The van der Waals surface area contributed by atoms with Crippen molar-refractivity contribution in [3.05, 3.63) is 53.1 Å². The second-order valence-electron chi connectivity index (χ2n) is 6.89. The van der Waals surface area contributed by atoms with Crippen LogP contribution in [0.2, 0.25) is 0 Å². The van der Waals surface area contributed by atoms with Gasteiger partial charge in [-0.3, -0.25) is 4.79 Å². The molecular weight excluding hydrogens is 412 g/mol. The fourth-order valence-corrected chi connectivity index (χ4v) is 4.92. The Morgan fingerprint density at radius 3 is 2.48 bits per heavy atom. The van der Waals surface area contributed by atoms with E-state index in [2.05, 4.69) is 10.3 Å². The first-order chi connectivity index (χ1) is 13.7. The van der Waals surface area contributed by atoms with Crippen molar-refractivity contribution in [2.45, 2.75) is 43.6 Å². The SMILES string of the molecule is CC(C)S(=O)(=O)c1cccc(CC(=O)Nc2nc3cc(CO)c(CO)cc3s2)c1. The number of nitrogens with one attached hydrogen (secondary N) is 1. The highest BCUT2D eigenvalue weighted by atomic mass is 32.2. The van der Waals surface area contributed by atoms with Gasteiger partial charge in [-0.1, -0.05) is 23.5 Å². The molecule has 154 valence electrons. The maximum absolute atomic E-state index is 12.4. The number of aliphatic hydroxyl groups is 2. The largest absolute Gasteiger partial charge is 0.392 e. The third-order valence-electron chi connectivity index (χ3n) is 4.51. The first-order valence-corrected chi connectivity index (χ1v) is 11.4. The summed E-state index contributed by atoms with van der Waals surface area (Å²) < 4.78 is 25.4. The number of hydrogen-bond donors (Lipinski definition) is 3. The Bertz CT molecular complexity index is 1110. The zero-order valence-electron chi connectivity index (χ0n) is 16.0. The summed E-state index contributed by atoms with van der Waals surface area (Å²) in [4.78, 5) is 17.0. The Labute approximate surface area is 173 Å². The van der Waals surface area contributed by atoms with Gasteiger partial charge in [0.1, 0.15) is 0 Å². The molecule has 3 rings (SSSR count). The van der Waals surface area contributed by atoms with Gasteiger partial charge in [0, 0.05) is 0 Å². The number of anilines is 1. The fourth-order valence-electron chi connectivity index (χ4n) is 2.86. The molecule has 29 heavy (non-hydrogen) atoms. The summed E-state index contributed by atoms with van der Waals surface area (Å²) in [5.74, 6) is -0.312. The van der Waals surface area contributed by atoms with Gasteiger partial charge >= 0.3 is 0 Å². The molecule has 0 aliphatic rings. The molecule has 0 saturated carbocycles. The molecule has 0 aliphatic carbocycles. The summed E-state index contributed by atoms with van der Waals surface area (Å²) in [6.45, 7) is 2.83. The van der Waals surface area contributed by atoms with E-state index in [9.17, 15) is 23.4 Å². The van der Waals surface area contributed by atoms with E-state index in [0.29, 0.717) is 27.3 Å². The maximum Gasteiger partial charge on any atom is 0.230 e. The smallest absolute Gasteiger partial charge is 0.230 e. The minimum absolute atomic E-state index is 0.0150. The van der Waals surface area contributed by atoms with Crippen molar-refractivity contribution in [1.29, 1.82) is 0 Å². The predicted molar refractivity (Wildman–Crippen MR) is 113 cm³/mol. The van der Waals surface area contributed by atoms with Gasteiger partial charge in [0.15, 0.2) is 15.0 Å². The van der Waals surface area contributed by atoms with Gasteiger partial charge in [0.25, 0.3) is 0 Å². The summed E-state index contributed by atoms with van der Waals surface area (Å²) in [6, 6.07) is 9.82. The molecule has 1 aromatic heterocycles. The summed E-state index contributed by atoms with van der Waals surface area (Å²) in [7, 11) is -3.41. The Morgan fingerprint density at radius 2 is 1.83 bits per heavy atom. The number of thiazole rings is 1. The number of carbonyl (C=O) groups excluding carboxylic acids is 1. The van der Waals surface area contributed by atoms with Crippen LogP contribution in [0.4, 0.5) is 5.13 Å². The Kier molecular flexibility index (Phi) is 6.33. The van der Waals surface area contributed by atoms with Gasteiger partial charge in [0.2, 0.25) is 5.91 Å². The lowest BCUT2D eigenvalue weighted by Crippen LogP contribution is -2.16. The molecule has 0 fully saturated rings. The highest BCUT2D eigenvalue weighted by Gasteiger charge is 2.19. The van der Waals surface area contributed by atoms with Gasteiger partial charge in [-0.25, -0.2) is 13.4 Å². The van der Waals surface area contributed by atoms with Crippen molar-refractivity contribution in [3.63, 3.8) is 0 Å². The minimum Gasteiger partial charge on any atom is -0.392 e. The van der Waals surface area contributed by atoms with Crippen LogP contribution in [0.25, 0.3) is 10.2 Å². The van der Waals surface area contributed by atoms with Crippen molar-refractivity contribution in [3.8, 4) is 0 Å². The summed E-state index contributed by atoms with van der Waals surface area (Å²) in [5.41, 5.74) is 2.42. The van der Waals surface area contributed by atoms with Crippen LogP contribution in [0.1, 0.15) is 30.5 Å². The number of benzene rings is 2. The van der Waals surface area contributed by atoms with E-state index in [4.69, 9.17) is 0 Å². The molecule has 3 aromatic rings. The molecule has 0 spiro atoms. The zero-order chi connectivity index (χ0) is 21.2. The quantitative estimate of drug-likeness (QED) is 0.526. The van der Waals surface area contributed by atoms with E-state index in [0.717, 1.165) is 4.70 Å². The maximum atomic E-state index is 12.4. The topological polar surface area (TPSA) is 117 Å². The van der Waals surface area contributed by atoms with Gasteiger partial charge < -0.3 is 15.5 Å². The van der Waals surface area contributed by atoms with Gasteiger partial charge in [-0.05, 0) is 54.8 Å². The molecule has 0 atom stereocenters. The summed E-state index contributed by atoms with van der Waals surface area (Å²) in [5, 5.41) is 21.4. The molecule has 2 aromatic carbocycles. The Balaban J connectivity index is 1.78. The van der Waals surface area contributed by atoms with Gasteiger partial charge in [0.05, 0.1) is 40.0 Å². The molecule has 0 bridgehead atoms.